The van der Waals surface area contributed by atoms with E-state index in [4.69, 9.17) is 0 Å². The van der Waals surface area contributed by atoms with Crippen LogP contribution in [0.1, 0.15) is 48.0 Å². The zero-order chi connectivity index (χ0) is 12.3. The molecule has 0 amide bonds. The fraction of sp³-hybridized carbons (Fsp3) is 0.929. The van der Waals surface area contributed by atoms with Crippen molar-refractivity contribution < 1.29 is 4.79 Å². The lowest BCUT2D eigenvalue weighted by Crippen LogP contribution is -2.52. The molecule has 0 aromatic rings. The summed E-state index contributed by atoms with van der Waals surface area (Å²) in [5, 5.41) is 0. The lowest BCUT2D eigenvalue weighted by Gasteiger charge is -2.40. The number of hydrogen-bond acceptors (Lipinski definition) is 2. The number of ketones is 1. The third-order valence-electron chi connectivity index (χ3n) is 4.02. The highest BCUT2D eigenvalue weighted by atomic mass is 16.1. The van der Waals surface area contributed by atoms with Gasteiger partial charge in [0.05, 0.1) is 6.04 Å². The summed E-state index contributed by atoms with van der Waals surface area (Å²) in [5.74, 6) is 1.90. The van der Waals surface area contributed by atoms with Gasteiger partial charge in [0, 0.05) is 17.5 Å². The van der Waals surface area contributed by atoms with E-state index in [1.165, 1.54) is 6.42 Å². The van der Waals surface area contributed by atoms with Gasteiger partial charge in [-0.25, -0.2) is 0 Å². The Kier molecular flexibility index (Phi) is 2.51. The van der Waals surface area contributed by atoms with E-state index in [-0.39, 0.29) is 17.0 Å². The van der Waals surface area contributed by atoms with Gasteiger partial charge in [-0.2, -0.15) is 0 Å². The van der Waals surface area contributed by atoms with E-state index in [1.54, 1.807) is 0 Å². The zero-order valence-corrected chi connectivity index (χ0v) is 11.5. The number of nitrogens with zero attached hydrogens (tertiary/aromatic N) is 1. The predicted octanol–water partition coefficient (Wildman–Crippen LogP) is 2.72. The van der Waals surface area contributed by atoms with E-state index in [0.717, 1.165) is 12.5 Å². The van der Waals surface area contributed by atoms with Crippen LogP contribution in [0.3, 0.4) is 0 Å². The van der Waals surface area contributed by atoms with Crippen molar-refractivity contribution in [1.29, 1.82) is 0 Å². The van der Waals surface area contributed by atoms with E-state index < -0.39 is 0 Å². The quantitative estimate of drug-likeness (QED) is 0.681. The summed E-state index contributed by atoms with van der Waals surface area (Å²) < 4.78 is 0. The monoisotopic (exact) mass is 223 g/mol. The van der Waals surface area contributed by atoms with Crippen molar-refractivity contribution in [2.45, 2.75) is 59.5 Å². The summed E-state index contributed by atoms with van der Waals surface area (Å²) in [6.07, 6.45) is 1.28. The van der Waals surface area contributed by atoms with Crippen LogP contribution in [0.2, 0.25) is 0 Å². The molecule has 2 fully saturated rings. The second-order valence-corrected chi connectivity index (χ2v) is 7.54. The summed E-state index contributed by atoms with van der Waals surface area (Å²) in [6, 6.07) is 0.185. The van der Waals surface area contributed by atoms with Gasteiger partial charge in [-0.1, -0.05) is 20.8 Å². The molecule has 0 aromatic carbocycles. The van der Waals surface area contributed by atoms with E-state index in [9.17, 15) is 4.79 Å². The molecule has 16 heavy (non-hydrogen) atoms. The smallest absolute Gasteiger partial charge is 0.155 e. The molecule has 1 heterocycles. The Balaban J connectivity index is 2.21. The minimum Gasteiger partial charge on any atom is -0.297 e. The first-order valence-corrected chi connectivity index (χ1v) is 6.43. The predicted molar refractivity (Wildman–Crippen MR) is 66.3 cm³/mol. The van der Waals surface area contributed by atoms with Crippen molar-refractivity contribution in [3.63, 3.8) is 0 Å². The molecular formula is C14H25NO. The van der Waals surface area contributed by atoms with Crippen LogP contribution in [0.25, 0.3) is 0 Å². The Hall–Kier alpha value is -0.370. The Labute approximate surface area is 99.4 Å². The third-order valence-corrected chi connectivity index (χ3v) is 4.02. The highest BCUT2D eigenvalue weighted by Crippen LogP contribution is 2.52. The molecule has 0 spiro atoms. The minimum absolute atomic E-state index is 0.124. The summed E-state index contributed by atoms with van der Waals surface area (Å²) in [6.45, 7) is 13.9. The average Bonchev–Trinajstić information content (AvgIpc) is 2.73. The molecule has 0 bridgehead atoms. The van der Waals surface area contributed by atoms with E-state index in [2.05, 4.69) is 25.7 Å². The van der Waals surface area contributed by atoms with Gasteiger partial charge in [0.2, 0.25) is 0 Å². The Morgan fingerprint density at radius 2 is 1.69 bits per heavy atom. The van der Waals surface area contributed by atoms with Gasteiger partial charge in [0.1, 0.15) is 0 Å². The van der Waals surface area contributed by atoms with Crippen molar-refractivity contribution in [2.75, 3.05) is 6.54 Å². The number of carbonyl (C=O) groups excluding carboxylic acids is 1. The fourth-order valence-corrected chi connectivity index (χ4v) is 2.94. The molecule has 2 rings (SSSR count). The van der Waals surface area contributed by atoms with Crippen molar-refractivity contribution >= 4 is 5.78 Å². The normalized spacial score (nSPS) is 35.0. The molecule has 92 valence electrons. The Bertz CT molecular complexity index is 308. The molecule has 2 aliphatic rings. The lowest BCUT2D eigenvalue weighted by molar-refractivity contribution is -0.133. The van der Waals surface area contributed by atoms with E-state index >= 15 is 0 Å². The minimum atomic E-state index is -0.203. The maximum absolute atomic E-state index is 12.5. The molecule has 1 saturated heterocycles. The van der Waals surface area contributed by atoms with Crippen LogP contribution >= 0.6 is 0 Å². The van der Waals surface area contributed by atoms with Gasteiger partial charge >= 0.3 is 0 Å². The topological polar surface area (TPSA) is 20.3 Å². The zero-order valence-electron chi connectivity index (χ0n) is 11.5. The standard InChI is InChI=1S/C14H25NO/c1-13(2,3)12(16)11-10-7-9(10)8-15(11)14(4,5)6/h9-11H,7-8H2,1-6H3. The number of carbonyl (C=O) groups is 1. The maximum Gasteiger partial charge on any atom is 0.155 e. The SMILES string of the molecule is CC(C)(C)C(=O)C1C2CC2CN1C(C)(C)C. The van der Waals surface area contributed by atoms with Gasteiger partial charge in [-0.15, -0.1) is 0 Å². The second-order valence-electron chi connectivity index (χ2n) is 7.54. The second kappa shape index (κ2) is 3.32. The fourth-order valence-electron chi connectivity index (χ4n) is 2.94. The van der Waals surface area contributed by atoms with Gasteiger partial charge < -0.3 is 0 Å². The van der Waals surface area contributed by atoms with Crippen LogP contribution in [0.5, 0.6) is 0 Å². The first-order chi connectivity index (χ1) is 7.12. The van der Waals surface area contributed by atoms with Crippen LogP contribution in [0.4, 0.5) is 0 Å². The summed E-state index contributed by atoms with van der Waals surface area (Å²) in [7, 11) is 0. The summed E-state index contributed by atoms with van der Waals surface area (Å²) >= 11 is 0. The van der Waals surface area contributed by atoms with Gasteiger partial charge in [-0.05, 0) is 39.0 Å². The number of likely N-dealkylation sites (tertiary alicyclic amines) is 1. The highest BCUT2D eigenvalue weighted by molar-refractivity contribution is 5.90. The van der Waals surface area contributed by atoms with Crippen LogP contribution < -0.4 is 0 Å². The number of rotatable bonds is 1. The molecule has 3 unspecified atom stereocenters. The molecule has 2 heteroatoms. The number of piperidine rings is 1. The number of Topliss-reactive ketones (excluding diaryl/α,β-unsaturated/α-hetero) is 1. The Morgan fingerprint density at radius 1 is 1.12 bits per heavy atom. The first-order valence-electron chi connectivity index (χ1n) is 6.43. The molecule has 0 radical (unpaired) electrons. The molecule has 0 N–H and O–H groups in total. The van der Waals surface area contributed by atoms with E-state index in [0.29, 0.717) is 11.7 Å². The van der Waals surface area contributed by atoms with Crippen molar-refractivity contribution in [3.05, 3.63) is 0 Å². The molecule has 1 saturated carbocycles. The van der Waals surface area contributed by atoms with Gasteiger partial charge in [0.15, 0.2) is 5.78 Å². The molecule has 1 aliphatic carbocycles. The summed E-state index contributed by atoms with van der Waals surface area (Å²) in [5.41, 5.74) is -0.0787. The molecule has 0 aromatic heterocycles. The van der Waals surface area contributed by atoms with Crippen LogP contribution in [-0.2, 0) is 4.79 Å². The first kappa shape index (κ1) is 12.1. The average molecular weight is 223 g/mol. The number of hydrogen-bond donors (Lipinski definition) is 0. The molecule has 3 atom stereocenters. The maximum atomic E-state index is 12.5. The van der Waals surface area contributed by atoms with Crippen molar-refractivity contribution in [2.24, 2.45) is 17.3 Å². The van der Waals surface area contributed by atoms with Crippen LogP contribution in [0, 0.1) is 17.3 Å². The van der Waals surface area contributed by atoms with Crippen molar-refractivity contribution in [1.82, 2.24) is 4.90 Å². The van der Waals surface area contributed by atoms with Crippen LogP contribution in [0.15, 0.2) is 0 Å². The highest BCUT2D eigenvalue weighted by Gasteiger charge is 2.58. The van der Waals surface area contributed by atoms with Crippen molar-refractivity contribution in [3.8, 4) is 0 Å². The Morgan fingerprint density at radius 3 is 2.12 bits per heavy atom. The van der Waals surface area contributed by atoms with Crippen LogP contribution in [-0.4, -0.2) is 28.8 Å². The lowest BCUT2D eigenvalue weighted by atomic mass is 9.83. The molecule has 1 aliphatic heterocycles. The largest absolute Gasteiger partial charge is 0.297 e. The van der Waals surface area contributed by atoms with Gasteiger partial charge in [-0.3, -0.25) is 9.69 Å². The third kappa shape index (κ3) is 1.92. The molecule has 2 nitrogen and oxygen atoms in total. The van der Waals surface area contributed by atoms with E-state index in [1.807, 2.05) is 20.8 Å². The van der Waals surface area contributed by atoms with Gasteiger partial charge in [0.25, 0.3) is 0 Å². The summed E-state index contributed by atoms with van der Waals surface area (Å²) in [4.78, 5) is 14.9. The number of fused-ring (bicyclic) bond motifs is 1. The molecular weight excluding hydrogens is 198 g/mol.